The van der Waals surface area contributed by atoms with Crippen LogP contribution < -0.4 is 11.1 Å². The van der Waals surface area contributed by atoms with Gasteiger partial charge in [-0.25, -0.2) is 0 Å². The maximum Gasteiger partial charge on any atom is 0.234 e. The molecule has 4 heteroatoms. The lowest BCUT2D eigenvalue weighted by molar-refractivity contribution is -0.120. The molecule has 76 valence electrons. The zero-order valence-electron chi connectivity index (χ0n) is 7.90. The monoisotopic (exact) mass is 210 g/mol. The number of carbonyl (C=O) groups excluding carboxylic acids is 1. The summed E-state index contributed by atoms with van der Waals surface area (Å²) in [7, 11) is 0. The van der Waals surface area contributed by atoms with Gasteiger partial charge in [-0.3, -0.25) is 4.79 Å². The Bertz CT molecular complexity index is 306. The van der Waals surface area contributed by atoms with Crippen molar-refractivity contribution in [1.82, 2.24) is 5.32 Å². The number of thiophene rings is 1. The molecule has 1 aromatic heterocycles. The summed E-state index contributed by atoms with van der Waals surface area (Å²) in [6.07, 6.45) is 2.43. The lowest BCUT2D eigenvalue weighted by Crippen LogP contribution is -2.34. The second-order valence-corrected chi connectivity index (χ2v) is 4.58. The first-order valence-electron chi connectivity index (χ1n) is 4.84. The van der Waals surface area contributed by atoms with E-state index in [1.165, 1.54) is 17.7 Å². The van der Waals surface area contributed by atoms with Crippen molar-refractivity contribution in [2.75, 3.05) is 6.54 Å². The Morgan fingerprint density at radius 2 is 2.50 bits per heavy atom. The van der Waals surface area contributed by atoms with Crippen LogP contribution in [0, 0.1) is 5.92 Å². The molecule has 2 rings (SSSR count). The highest BCUT2D eigenvalue weighted by atomic mass is 32.1. The SMILES string of the molecule is NCC(=O)NC(c1cccs1)C1CC1. The van der Waals surface area contributed by atoms with Crippen LogP contribution in [-0.4, -0.2) is 12.5 Å². The van der Waals surface area contributed by atoms with E-state index in [0.717, 1.165) is 0 Å². The largest absolute Gasteiger partial charge is 0.347 e. The maximum atomic E-state index is 11.2. The molecule has 1 aromatic rings. The number of hydrogen-bond acceptors (Lipinski definition) is 3. The Morgan fingerprint density at radius 3 is 3.00 bits per heavy atom. The fourth-order valence-electron chi connectivity index (χ4n) is 1.55. The minimum absolute atomic E-state index is 0.0599. The Morgan fingerprint density at radius 1 is 1.71 bits per heavy atom. The molecule has 14 heavy (non-hydrogen) atoms. The van der Waals surface area contributed by atoms with Gasteiger partial charge in [-0.05, 0) is 30.2 Å². The smallest absolute Gasteiger partial charge is 0.234 e. The molecule has 1 aliphatic rings. The normalized spacial score (nSPS) is 17.8. The molecule has 1 amide bonds. The molecule has 0 radical (unpaired) electrons. The average molecular weight is 210 g/mol. The molecule has 1 saturated carbocycles. The number of rotatable bonds is 4. The van der Waals surface area contributed by atoms with Crippen LogP contribution in [0.25, 0.3) is 0 Å². The Kier molecular flexibility index (Phi) is 2.84. The molecule has 1 aliphatic carbocycles. The summed E-state index contributed by atoms with van der Waals surface area (Å²) < 4.78 is 0. The molecular formula is C10H14N2OS. The van der Waals surface area contributed by atoms with Crippen molar-refractivity contribution in [2.24, 2.45) is 11.7 Å². The van der Waals surface area contributed by atoms with Crippen LogP contribution in [0.2, 0.25) is 0 Å². The summed E-state index contributed by atoms with van der Waals surface area (Å²) in [5.41, 5.74) is 5.29. The van der Waals surface area contributed by atoms with E-state index < -0.39 is 0 Å². The highest BCUT2D eigenvalue weighted by Gasteiger charge is 2.33. The van der Waals surface area contributed by atoms with E-state index in [2.05, 4.69) is 11.4 Å². The molecule has 0 aromatic carbocycles. The van der Waals surface area contributed by atoms with Crippen molar-refractivity contribution in [1.29, 1.82) is 0 Å². The Balaban J connectivity index is 2.04. The van der Waals surface area contributed by atoms with Gasteiger partial charge in [0.1, 0.15) is 0 Å². The van der Waals surface area contributed by atoms with Crippen LogP contribution in [-0.2, 0) is 4.79 Å². The van der Waals surface area contributed by atoms with Crippen molar-refractivity contribution >= 4 is 17.2 Å². The summed E-state index contributed by atoms with van der Waals surface area (Å²) in [4.78, 5) is 12.5. The first-order valence-corrected chi connectivity index (χ1v) is 5.72. The molecule has 1 fully saturated rings. The maximum absolute atomic E-state index is 11.2. The van der Waals surface area contributed by atoms with Crippen molar-refractivity contribution in [3.63, 3.8) is 0 Å². The van der Waals surface area contributed by atoms with Crippen LogP contribution in [0.5, 0.6) is 0 Å². The van der Waals surface area contributed by atoms with E-state index in [1.54, 1.807) is 11.3 Å². The predicted octanol–water partition coefficient (Wildman–Crippen LogP) is 1.27. The summed E-state index contributed by atoms with van der Waals surface area (Å²) >= 11 is 1.70. The fraction of sp³-hybridized carbons (Fsp3) is 0.500. The van der Waals surface area contributed by atoms with Crippen molar-refractivity contribution < 1.29 is 4.79 Å². The van der Waals surface area contributed by atoms with Crippen LogP contribution in [0.15, 0.2) is 17.5 Å². The van der Waals surface area contributed by atoms with Gasteiger partial charge in [-0.2, -0.15) is 0 Å². The third-order valence-corrected chi connectivity index (χ3v) is 3.40. The first-order chi connectivity index (χ1) is 6.81. The predicted molar refractivity (Wildman–Crippen MR) is 57.0 cm³/mol. The molecular weight excluding hydrogens is 196 g/mol. The number of amides is 1. The molecule has 3 nitrogen and oxygen atoms in total. The van der Waals surface area contributed by atoms with Crippen LogP contribution in [0.4, 0.5) is 0 Å². The van der Waals surface area contributed by atoms with Gasteiger partial charge in [-0.15, -0.1) is 11.3 Å². The molecule has 0 aliphatic heterocycles. The van der Waals surface area contributed by atoms with Gasteiger partial charge < -0.3 is 11.1 Å². The number of hydrogen-bond donors (Lipinski definition) is 2. The molecule has 0 bridgehead atoms. The Labute approximate surface area is 87.3 Å². The van der Waals surface area contributed by atoms with Gasteiger partial charge in [0.15, 0.2) is 0 Å². The van der Waals surface area contributed by atoms with Crippen LogP contribution in [0.3, 0.4) is 0 Å². The standard InChI is InChI=1S/C10H14N2OS/c11-6-9(13)12-10(7-3-4-7)8-2-1-5-14-8/h1-2,5,7,10H,3-4,6,11H2,(H,12,13). The van der Waals surface area contributed by atoms with Gasteiger partial charge in [-0.1, -0.05) is 6.07 Å². The van der Waals surface area contributed by atoms with Gasteiger partial charge >= 0.3 is 0 Å². The van der Waals surface area contributed by atoms with Crippen LogP contribution in [0.1, 0.15) is 23.8 Å². The van der Waals surface area contributed by atoms with Crippen LogP contribution >= 0.6 is 11.3 Å². The lowest BCUT2D eigenvalue weighted by Gasteiger charge is -2.15. The molecule has 1 atom stereocenters. The van der Waals surface area contributed by atoms with E-state index in [0.29, 0.717) is 5.92 Å². The molecule has 0 spiro atoms. The summed E-state index contributed by atoms with van der Waals surface area (Å²) in [5, 5.41) is 5.02. The highest BCUT2D eigenvalue weighted by molar-refractivity contribution is 7.10. The van der Waals surface area contributed by atoms with E-state index >= 15 is 0 Å². The summed E-state index contributed by atoms with van der Waals surface area (Å²) in [6, 6.07) is 4.29. The van der Waals surface area contributed by atoms with E-state index in [4.69, 9.17) is 5.73 Å². The molecule has 0 saturated heterocycles. The van der Waals surface area contributed by atoms with Gasteiger partial charge in [0, 0.05) is 4.88 Å². The van der Waals surface area contributed by atoms with E-state index in [-0.39, 0.29) is 18.5 Å². The number of nitrogens with one attached hydrogen (secondary N) is 1. The minimum Gasteiger partial charge on any atom is -0.347 e. The van der Waals surface area contributed by atoms with Gasteiger partial charge in [0.05, 0.1) is 12.6 Å². The third-order valence-electron chi connectivity index (χ3n) is 2.45. The quantitative estimate of drug-likeness (QED) is 0.786. The zero-order chi connectivity index (χ0) is 9.97. The van der Waals surface area contributed by atoms with Crippen molar-refractivity contribution in [2.45, 2.75) is 18.9 Å². The lowest BCUT2D eigenvalue weighted by atomic mass is 10.1. The number of carbonyl (C=O) groups is 1. The van der Waals surface area contributed by atoms with Gasteiger partial charge in [0.2, 0.25) is 5.91 Å². The fourth-order valence-corrected chi connectivity index (χ4v) is 2.42. The zero-order valence-corrected chi connectivity index (χ0v) is 8.72. The van der Waals surface area contributed by atoms with Gasteiger partial charge in [0.25, 0.3) is 0 Å². The average Bonchev–Trinajstić information content (AvgIpc) is 2.89. The molecule has 1 unspecified atom stereocenters. The topological polar surface area (TPSA) is 55.1 Å². The third kappa shape index (κ3) is 2.13. The molecule has 3 N–H and O–H groups in total. The summed E-state index contributed by atoms with van der Waals surface area (Å²) in [5.74, 6) is 0.569. The van der Waals surface area contributed by atoms with E-state index in [9.17, 15) is 4.79 Å². The van der Waals surface area contributed by atoms with Crippen molar-refractivity contribution in [3.05, 3.63) is 22.4 Å². The first kappa shape index (κ1) is 9.68. The number of nitrogens with two attached hydrogens (primary N) is 1. The van der Waals surface area contributed by atoms with E-state index in [1.807, 2.05) is 11.4 Å². The second kappa shape index (κ2) is 4.11. The second-order valence-electron chi connectivity index (χ2n) is 3.60. The summed E-state index contributed by atoms with van der Waals surface area (Å²) in [6.45, 7) is 0.0780. The van der Waals surface area contributed by atoms with Crippen molar-refractivity contribution in [3.8, 4) is 0 Å². The highest BCUT2D eigenvalue weighted by Crippen LogP contribution is 2.42. The minimum atomic E-state index is -0.0599. The Hall–Kier alpha value is -0.870. The molecule has 1 heterocycles.